The number of hydrogen-bond donors (Lipinski definition) is 0. The highest BCUT2D eigenvalue weighted by molar-refractivity contribution is 5.79. The van der Waals surface area contributed by atoms with E-state index in [-0.39, 0.29) is 12.2 Å². The Kier molecular flexibility index (Phi) is 4.12. The second-order valence-corrected chi connectivity index (χ2v) is 4.46. The number of rotatable bonds is 4. The van der Waals surface area contributed by atoms with Crippen LogP contribution in [0, 0.1) is 0 Å². The molecule has 1 aromatic heterocycles. The molecule has 0 spiro atoms. The molecule has 0 saturated carbocycles. The fraction of sp³-hybridized carbons (Fsp3) is 0.750. The van der Waals surface area contributed by atoms with Crippen LogP contribution in [0.1, 0.15) is 44.9 Å². The number of carbonyl (C=O) groups is 1. The fourth-order valence-electron chi connectivity index (χ4n) is 2.01. The predicted octanol–water partition coefficient (Wildman–Crippen LogP) is 1.97. The molecule has 0 aromatic carbocycles. The van der Waals surface area contributed by atoms with Crippen molar-refractivity contribution in [2.75, 3.05) is 18.0 Å². The van der Waals surface area contributed by atoms with Crippen molar-refractivity contribution < 1.29 is 9.32 Å². The van der Waals surface area contributed by atoms with Crippen LogP contribution in [-0.4, -0.2) is 29.0 Å². The van der Waals surface area contributed by atoms with E-state index >= 15 is 0 Å². The fourth-order valence-corrected chi connectivity index (χ4v) is 2.01. The first-order chi connectivity index (χ1) is 8.29. The molecule has 0 amide bonds. The van der Waals surface area contributed by atoms with Gasteiger partial charge < -0.3 is 9.42 Å². The average molecular weight is 237 g/mol. The number of aromatic nitrogens is 2. The minimum absolute atomic E-state index is 0.135. The second-order valence-electron chi connectivity index (χ2n) is 4.46. The summed E-state index contributed by atoms with van der Waals surface area (Å²) in [5.41, 5.74) is 0. The van der Waals surface area contributed by atoms with E-state index in [1.165, 1.54) is 25.7 Å². The third kappa shape index (κ3) is 3.28. The van der Waals surface area contributed by atoms with E-state index < -0.39 is 0 Å². The van der Waals surface area contributed by atoms with Crippen molar-refractivity contribution >= 4 is 11.7 Å². The summed E-state index contributed by atoms with van der Waals surface area (Å²) >= 11 is 0. The zero-order valence-electron chi connectivity index (χ0n) is 10.3. The molecule has 17 heavy (non-hydrogen) atoms. The van der Waals surface area contributed by atoms with Crippen LogP contribution in [-0.2, 0) is 11.2 Å². The summed E-state index contributed by atoms with van der Waals surface area (Å²) in [6.07, 6.45) is 5.68. The maximum Gasteiger partial charge on any atom is 0.266 e. The van der Waals surface area contributed by atoms with Gasteiger partial charge in [-0.3, -0.25) is 4.79 Å². The molecular formula is C12H19N3O2. The Bertz CT molecular complexity index is 368. The maximum absolute atomic E-state index is 11.3. The Balaban J connectivity index is 1.98. The van der Waals surface area contributed by atoms with Crippen molar-refractivity contribution in [1.82, 2.24) is 10.1 Å². The number of carbonyl (C=O) groups excluding carboxylic acids is 1. The SMILES string of the molecule is CCC(=O)Cc1nc(N2CCCCCC2)no1. The molecule has 0 unspecified atom stereocenters. The summed E-state index contributed by atoms with van der Waals surface area (Å²) in [5, 5.41) is 3.96. The monoisotopic (exact) mass is 237 g/mol. The van der Waals surface area contributed by atoms with E-state index in [0.717, 1.165) is 13.1 Å². The van der Waals surface area contributed by atoms with Gasteiger partial charge in [-0.2, -0.15) is 4.98 Å². The van der Waals surface area contributed by atoms with Gasteiger partial charge in [0.25, 0.3) is 5.95 Å². The quantitative estimate of drug-likeness (QED) is 0.801. The molecule has 2 heterocycles. The first-order valence-electron chi connectivity index (χ1n) is 6.39. The van der Waals surface area contributed by atoms with E-state index in [0.29, 0.717) is 18.3 Å². The van der Waals surface area contributed by atoms with Gasteiger partial charge in [0.15, 0.2) is 0 Å². The molecule has 5 heteroatoms. The molecular weight excluding hydrogens is 218 g/mol. The van der Waals surface area contributed by atoms with Gasteiger partial charge in [0.1, 0.15) is 5.78 Å². The average Bonchev–Trinajstić information content (AvgIpc) is 2.63. The minimum atomic E-state index is 0.135. The molecule has 0 atom stereocenters. The summed E-state index contributed by atoms with van der Waals surface area (Å²) in [6, 6.07) is 0. The number of ketones is 1. The lowest BCUT2D eigenvalue weighted by atomic mass is 10.2. The van der Waals surface area contributed by atoms with Crippen LogP contribution < -0.4 is 4.90 Å². The summed E-state index contributed by atoms with van der Waals surface area (Å²) < 4.78 is 5.11. The van der Waals surface area contributed by atoms with Crippen LogP contribution in [0.5, 0.6) is 0 Å². The summed E-state index contributed by atoms with van der Waals surface area (Å²) in [4.78, 5) is 17.7. The van der Waals surface area contributed by atoms with E-state index in [1.54, 1.807) is 0 Å². The van der Waals surface area contributed by atoms with E-state index in [4.69, 9.17) is 4.52 Å². The van der Waals surface area contributed by atoms with Crippen LogP contribution in [0.25, 0.3) is 0 Å². The van der Waals surface area contributed by atoms with E-state index in [1.807, 2.05) is 6.92 Å². The van der Waals surface area contributed by atoms with Crippen molar-refractivity contribution in [1.29, 1.82) is 0 Å². The van der Waals surface area contributed by atoms with Crippen molar-refractivity contribution in [3.63, 3.8) is 0 Å². The number of nitrogens with zero attached hydrogens (tertiary/aromatic N) is 3. The molecule has 1 aliphatic heterocycles. The Morgan fingerprint density at radius 2 is 2.00 bits per heavy atom. The van der Waals surface area contributed by atoms with Crippen LogP contribution >= 0.6 is 0 Å². The normalized spacial score (nSPS) is 16.9. The third-order valence-electron chi connectivity index (χ3n) is 3.09. The zero-order chi connectivity index (χ0) is 12.1. The summed E-state index contributed by atoms with van der Waals surface area (Å²) in [6.45, 7) is 3.82. The molecule has 2 rings (SSSR count). The lowest BCUT2D eigenvalue weighted by molar-refractivity contribution is -0.118. The largest absolute Gasteiger partial charge is 0.338 e. The van der Waals surface area contributed by atoms with Crippen LogP contribution in [0.4, 0.5) is 5.95 Å². The molecule has 0 radical (unpaired) electrons. The third-order valence-corrected chi connectivity index (χ3v) is 3.09. The summed E-state index contributed by atoms with van der Waals surface area (Å²) in [7, 11) is 0. The molecule has 1 saturated heterocycles. The van der Waals surface area contributed by atoms with E-state index in [2.05, 4.69) is 15.0 Å². The van der Waals surface area contributed by atoms with Gasteiger partial charge in [-0.15, -0.1) is 0 Å². The van der Waals surface area contributed by atoms with Crippen molar-refractivity contribution in [2.45, 2.75) is 45.4 Å². The van der Waals surface area contributed by atoms with Crippen LogP contribution in [0.15, 0.2) is 4.52 Å². The van der Waals surface area contributed by atoms with Gasteiger partial charge in [-0.05, 0) is 18.0 Å². The van der Waals surface area contributed by atoms with Crippen LogP contribution in [0.2, 0.25) is 0 Å². The maximum atomic E-state index is 11.3. The van der Waals surface area contributed by atoms with Gasteiger partial charge in [0.2, 0.25) is 5.89 Å². The highest BCUT2D eigenvalue weighted by Crippen LogP contribution is 2.16. The van der Waals surface area contributed by atoms with Gasteiger partial charge >= 0.3 is 0 Å². The standard InChI is InChI=1S/C12H19N3O2/c1-2-10(16)9-11-13-12(14-17-11)15-7-5-3-4-6-8-15/h2-9H2,1H3. The second kappa shape index (κ2) is 5.80. The highest BCUT2D eigenvalue weighted by Gasteiger charge is 2.16. The van der Waals surface area contributed by atoms with Crippen LogP contribution in [0.3, 0.4) is 0 Å². The Morgan fingerprint density at radius 1 is 1.29 bits per heavy atom. The molecule has 0 aliphatic carbocycles. The highest BCUT2D eigenvalue weighted by atomic mass is 16.5. The smallest absolute Gasteiger partial charge is 0.266 e. The number of anilines is 1. The number of Topliss-reactive ketones (excluding diaryl/α,β-unsaturated/α-hetero) is 1. The molecule has 0 bridgehead atoms. The minimum Gasteiger partial charge on any atom is -0.338 e. The summed E-state index contributed by atoms with van der Waals surface area (Å²) in [5.74, 6) is 1.22. The molecule has 94 valence electrons. The Labute approximate surface area is 101 Å². The van der Waals surface area contributed by atoms with Crippen molar-refractivity contribution in [3.05, 3.63) is 5.89 Å². The molecule has 1 aromatic rings. The lowest BCUT2D eigenvalue weighted by Crippen LogP contribution is -2.25. The van der Waals surface area contributed by atoms with Gasteiger partial charge in [0.05, 0.1) is 6.42 Å². The first-order valence-corrected chi connectivity index (χ1v) is 6.39. The zero-order valence-corrected chi connectivity index (χ0v) is 10.3. The lowest BCUT2D eigenvalue weighted by Gasteiger charge is -2.16. The van der Waals surface area contributed by atoms with Gasteiger partial charge in [-0.1, -0.05) is 19.8 Å². The van der Waals surface area contributed by atoms with Crippen molar-refractivity contribution in [2.24, 2.45) is 0 Å². The first kappa shape index (κ1) is 12.1. The van der Waals surface area contributed by atoms with E-state index in [9.17, 15) is 4.79 Å². The Morgan fingerprint density at radius 3 is 2.65 bits per heavy atom. The molecule has 0 N–H and O–H groups in total. The molecule has 5 nitrogen and oxygen atoms in total. The predicted molar refractivity (Wildman–Crippen MR) is 64.0 cm³/mol. The van der Waals surface area contributed by atoms with Gasteiger partial charge in [-0.25, -0.2) is 0 Å². The van der Waals surface area contributed by atoms with Crippen molar-refractivity contribution in [3.8, 4) is 0 Å². The Hall–Kier alpha value is -1.39. The topological polar surface area (TPSA) is 59.2 Å². The van der Waals surface area contributed by atoms with Gasteiger partial charge in [0, 0.05) is 19.5 Å². The molecule has 1 fully saturated rings. The number of hydrogen-bond acceptors (Lipinski definition) is 5. The molecule has 1 aliphatic rings.